The number of halogens is 2. The first-order valence-corrected chi connectivity index (χ1v) is 7.84. The summed E-state index contributed by atoms with van der Waals surface area (Å²) in [5, 5.41) is 0.315. The van der Waals surface area contributed by atoms with Crippen molar-refractivity contribution in [3.05, 3.63) is 58.4 Å². The highest BCUT2D eigenvalue weighted by Gasteiger charge is 2.18. The Balaban J connectivity index is 2.22. The van der Waals surface area contributed by atoms with Gasteiger partial charge in [-0.3, -0.25) is 4.79 Å². The van der Waals surface area contributed by atoms with E-state index in [9.17, 15) is 9.18 Å². The Morgan fingerprint density at radius 1 is 1.25 bits per heavy atom. The quantitative estimate of drug-likeness (QED) is 0.784. The molecule has 0 radical (unpaired) electrons. The maximum Gasteiger partial charge on any atom is 0.254 e. The molecule has 24 heavy (non-hydrogen) atoms. The SMILES string of the molecule is CCOc1c(Cl)cc(C(=O)N(C)Cc2ccc(F)cc2)cc1OC. The normalized spacial score (nSPS) is 10.4. The highest BCUT2D eigenvalue weighted by atomic mass is 35.5. The third kappa shape index (κ3) is 4.17. The van der Waals surface area contributed by atoms with Crippen molar-refractivity contribution in [2.75, 3.05) is 20.8 Å². The maximum atomic E-state index is 13.0. The minimum atomic E-state index is -0.309. The number of ether oxygens (including phenoxy) is 2. The van der Waals surface area contributed by atoms with Crippen molar-refractivity contribution in [1.82, 2.24) is 4.90 Å². The van der Waals surface area contributed by atoms with E-state index in [1.807, 2.05) is 6.92 Å². The Hall–Kier alpha value is -2.27. The van der Waals surface area contributed by atoms with Gasteiger partial charge in [-0.15, -0.1) is 0 Å². The lowest BCUT2D eigenvalue weighted by Gasteiger charge is -2.19. The molecule has 0 aromatic heterocycles. The smallest absolute Gasteiger partial charge is 0.254 e. The molecule has 0 saturated heterocycles. The zero-order valence-corrected chi connectivity index (χ0v) is 14.6. The van der Waals surface area contributed by atoms with Gasteiger partial charge >= 0.3 is 0 Å². The van der Waals surface area contributed by atoms with E-state index in [4.69, 9.17) is 21.1 Å². The molecule has 4 nitrogen and oxygen atoms in total. The number of amides is 1. The van der Waals surface area contributed by atoms with Crippen LogP contribution in [0.1, 0.15) is 22.8 Å². The van der Waals surface area contributed by atoms with Gasteiger partial charge in [-0.05, 0) is 36.8 Å². The van der Waals surface area contributed by atoms with Crippen LogP contribution in [-0.4, -0.2) is 31.6 Å². The zero-order valence-electron chi connectivity index (χ0n) is 13.8. The predicted molar refractivity (Wildman–Crippen MR) is 91.4 cm³/mol. The van der Waals surface area contributed by atoms with Crippen molar-refractivity contribution in [2.24, 2.45) is 0 Å². The monoisotopic (exact) mass is 351 g/mol. The molecule has 0 fully saturated rings. The topological polar surface area (TPSA) is 38.8 Å². The third-order valence-corrected chi connectivity index (χ3v) is 3.73. The summed E-state index contributed by atoms with van der Waals surface area (Å²) in [6, 6.07) is 9.17. The fraction of sp³-hybridized carbons (Fsp3) is 0.278. The first kappa shape index (κ1) is 18.1. The average molecular weight is 352 g/mol. The lowest BCUT2D eigenvalue weighted by atomic mass is 10.1. The highest BCUT2D eigenvalue weighted by Crippen LogP contribution is 2.36. The first-order valence-electron chi connectivity index (χ1n) is 7.46. The van der Waals surface area contributed by atoms with E-state index < -0.39 is 0 Å². The van der Waals surface area contributed by atoms with Crippen LogP contribution in [0, 0.1) is 5.82 Å². The number of nitrogens with zero attached hydrogens (tertiary/aromatic N) is 1. The van der Waals surface area contributed by atoms with E-state index in [1.54, 1.807) is 31.3 Å². The summed E-state index contributed by atoms with van der Waals surface area (Å²) in [7, 11) is 3.16. The van der Waals surface area contributed by atoms with Crippen molar-refractivity contribution >= 4 is 17.5 Å². The molecule has 2 aromatic carbocycles. The molecule has 0 N–H and O–H groups in total. The van der Waals surface area contributed by atoms with Crippen LogP contribution < -0.4 is 9.47 Å². The van der Waals surface area contributed by atoms with Gasteiger partial charge < -0.3 is 14.4 Å². The fourth-order valence-electron chi connectivity index (χ4n) is 2.28. The molecular weight excluding hydrogens is 333 g/mol. The third-order valence-electron chi connectivity index (χ3n) is 3.44. The van der Waals surface area contributed by atoms with Gasteiger partial charge in [0.2, 0.25) is 0 Å². The average Bonchev–Trinajstić information content (AvgIpc) is 2.57. The van der Waals surface area contributed by atoms with Gasteiger partial charge in [-0.25, -0.2) is 4.39 Å². The summed E-state index contributed by atoms with van der Waals surface area (Å²) in [6.45, 7) is 2.63. The van der Waals surface area contributed by atoms with Crippen LogP contribution in [0.15, 0.2) is 36.4 Å². The van der Waals surface area contributed by atoms with E-state index in [-0.39, 0.29) is 11.7 Å². The van der Waals surface area contributed by atoms with E-state index in [0.29, 0.717) is 35.2 Å². The standard InChI is InChI=1S/C18H19ClFNO3/c1-4-24-17-15(19)9-13(10-16(17)23-3)18(22)21(2)11-12-5-7-14(20)8-6-12/h5-10H,4,11H2,1-3H3. The zero-order chi connectivity index (χ0) is 17.7. The van der Waals surface area contributed by atoms with Crippen molar-refractivity contribution in [3.63, 3.8) is 0 Å². The minimum absolute atomic E-state index is 0.220. The second-order valence-electron chi connectivity index (χ2n) is 5.21. The number of hydrogen-bond acceptors (Lipinski definition) is 3. The van der Waals surface area contributed by atoms with Crippen LogP contribution in [0.25, 0.3) is 0 Å². The lowest BCUT2D eigenvalue weighted by Crippen LogP contribution is -2.26. The number of carbonyl (C=O) groups excluding carboxylic acids is 1. The number of methoxy groups -OCH3 is 1. The van der Waals surface area contributed by atoms with Crippen LogP contribution in [-0.2, 0) is 6.54 Å². The van der Waals surface area contributed by atoms with E-state index in [1.165, 1.54) is 24.1 Å². The molecule has 0 heterocycles. The van der Waals surface area contributed by atoms with Gasteiger partial charge in [0.05, 0.1) is 18.7 Å². The minimum Gasteiger partial charge on any atom is -0.493 e. The Labute approximate surface area is 145 Å². The van der Waals surface area contributed by atoms with Crippen molar-refractivity contribution in [1.29, 1.82) is 0 Å². The summed E-state index contributed by atoms with van der Waals surface area (Å²) in [5.41, 5.74) is 1.22. The number of benzene rings is 2. The maximum absolute atomic E-state index is 13.0. The van der Waals surface area contributed by atoms with Crippen LogP contribution in [0.3, 0.4) is 0 Å². The van der Waals surface area contributed by atoms with Crippen LogP contribution in [0.2, 0.25) is 5.02 Å². The van der Waals surface area contributed by atoms with Crippen LogP contribution >= 0.6 is 11.6 Å². The first-order chi connectivity index (χ1) is 11.5. The predicted octanol–water partition coefficient (Wildman–Crippen LogP) is 4.16. The largest absolute Gasteiger partial charge is 0.493 e. The molecule has 0 spiro atoms. The van der Waals surface area contributed by atoms with Gasteiger partial charge in [-0.2, -0.15) is 0 Å². The summed E-state index contributed by atoms with van der Waals surface area (Å²) in [5.74, 6) is 0.292. The molecular formula is C18H19ClFNO3. The fourth-order valence-corrected chi connectivity index (χ4v) is 2.55. The van der Waals surface area contributed by atoms with Crippen molar-refractivity contribution in [3.8, 4) is 11.5 Å². The van der Waals surface area contributed by atoms with Gasteiger partial charge in [-0.1, -0.05) is 23.7 Å². The summed E-state index contributed by atoms with van der Waals surface area (Å²) >= 11 is 6.20. The number of hydrogen-bond donors (Lipinski definition) is 0. The summed E-state index contributed by atoms with van der Waals surface area (Å²) < 4.78 is 23.7. The van der Waals surface area contributed by atoms with Gasteiger partial charge in [0.25, 0.3) is 5.91 Å². The Kier molecular flexibility index (Phi) is 6.04. The van der Waals surface area contributed by atoms with Crippen molar-refractivity contribution < 1.29 is 18.7 Å². The van der Waals surface area contributed by atoms with Crippen LogP contribution in [0.4, 0.5) is 4.39 Å². The van der Waals surface area contributed by atoms with Gasteiger partial charge in [0, 0.05) is 19.2 Å². The van der Waals surface area contributed by atoms with Gasteiger partial charge in [0.1, 0.15) is 5.82 Å². The van der Waals surface area contributed by atoms with E-state index in [2.05, 4.69) is 0 Å². The molecule has 0 saturated carbocycles. The second kappa shape index (κ2) is 8.02. The Bertz CT molecular complexity index is 719. The molecule has 6 heteroatoms. The Morgan fingerprint density at radius 3 is 2.50 bits per heavy atom. The number of carbonyl (C=O) groups is 1. The molecule has 0 atom stereocenters. The molecule has 0 bridgehead atoms. The molecule has 2 rings (SSSR count). The Morgan fingerprint density at radius 2 is 1.92 bits per heavy atom. The number of rotatable bonds is 6. The van der Waals surface area contributed by atoms with E-state index >= 15 is 0 Å². The van der Waals surface area contributed by atoms with Gasteiger partial charge in [0.15, 0.2) is 11.5 Å². The molecule has 128 valence electrons. The van der Waals surface area contributed by atoms with E-state index in [0.717, 1.165) is 5.56 Å². The lowest BCUT2D eigenvalue weighted by molar-refractivity contribution is 0.0784. The molecule has 0 unspecified atom stereocenters. The van der Waals surface area contributed by atoms with Crippen LogP contribution in [0.5, 0.6) is 11.5 Å². The van der Waals surface area contributed by atoms with Crippen molar-refractivity contribution in [2.45, 2.75) is 13.5 Å². The molecule has 0 aliphatic rings. The summed E-state index contributed by atoms with van der Waals surface area (Å²) in [4.78, 5) is 14.1. The molecule has 1 amide bonds. The molecule has 0 aliphatic carbocycles. The highest BCUT2D eigenvalue weighted by molar-refractivity contribution is 6.32. The summed E-state index contributed by atoms with van der Waals surface area (Å²) in [6.07, 6.45) is 0. The second-order valence-corrected chi connectivity index (χ2v) is 5.62. The molecule has 2 aromatic rings. The molecule has 0 aliphatic heterocycles.